The molecule has 1 aliphatic heterocycles. The van der Waals surface area contributed by atoms with Crippen LogP contribution in [0.2, 0.25) is 0 Å². The summed E-state index contributed by atoms with van der Waals surface area (Å²) >= 11 is 17.1. The second kappa shape index (κ2) is 15.6. The Bertz CT molecular complexity index is 1470. The lowest BCUT2D eigenvalue weighted by atomic mass is 10.1. The Morgan fingerprint density at radius 2 is 1.93 bits per heavy atom. The molecule has 0 aliphatic carbocycles. The van der Waals surface area contributed by atoms with Crippen molar-refractivity contribution in [3.05, 3.63) is 71.8 Å². The molecule has 5 atom stereocenters. The van der Waals surface area contributed by atoms with E-state index < -0.39 is 54.6 Å². The van der Waals surface area contributed by atoms with Gasteiger partial charge in [-0.2, -0.15) is 5.09 Å². The highest BCUT2D eigenvalue weighted by molar-refractivity contribution is 9.10. The lowest BCUT2D eigenvalue weighted by Crippen LogP contribution is -2.36. The molecule has 1 fully saturated rings. The standard InChI is InChI=1S/C20H24BrN6O8P.Cl3OP/c1-11-9-27(20(30)23-18(11)28)17-8-15(24-26-22)16(34-17)10-33-36(31,25-12(2)19(29)32-3)35-14-6-4-13(21)5-7-14;1-5(2,3)4/h4-7,9,12,15-17H,8,10H2,1-3H3,(H,25,31)(H,23,28,30);/t12?,15?,16-,17-,36?;/m1./s1. The maximum atomic E-state index is 13.6. The molecule has 3 rings (SSSR count). The first-order chi connectivity index (χ1) is 19.0. The highest BCUT2D eigenvalue weighted by Gasteiger charge is 2.40. The fourth-order valence-electron chi connectivity index (χ4n) is 3.39. The number of nitrogens with zero attached hydrogens (tertiary/aromatic N) is 4. The van der Waals surface area contributed by atoms with Gasteiger partial charge in [0.25, 0.3) is 5.56 Å². The number of benzene rings is 1. The van der Waals surface area contributed by atoms with Crippen LogP contribution in [-0.2, 0) is 27.9 Å². The van der Waals surface area contributed by atoms with E-state index in [-0.39, 0.29) is 24.3 Å². The number of hydrogen-bond acceptors (Lipinski definition) is 10. The molecule has 1 aliphatic rings. The van der Waals surface area contributed by atoms with Gasteiger partial charge in [-0.05, 0) is 77.4 Å². The Morgan fingerprint density at radius 1 is 1.32 bits per heavy atom. The van der Waals surface area contributed by atoms with E-state index in [1.165, 1.54) is 31.7 Å². The van der Waals surface area contributed by atoms with Gasteiger partial charge in [-0.25, -0.2) is 9.36 Å². The zero-order valence-corrected chi connectivity index (χ0v) is 27.1. The van der Waals surface area contributed by atoms with Crippen molar-refractivity contribution in [2.75, 3.05) is 13.7 Å². The average molecular weight is 741 g/mol. The van der Waals surface area contributed by atoms with Crippen molar-refractivity contribution in [2.45, 2.75) is 44.7 Å². The second-order valence-electron chi connectivity index (χ2n) is 8.23. The number of carbonyl (C=O) groups excluding carboxylic acids is 1. The fraction of sp³-hybridized carbons (Fsp3) is 0.450. The summed E-state index contributed by atoms with van der Waals surface area (Å²) in [6, 6.07) is 4.56. The number of hydrogen-bond donors (Lipinski definition) is 2. The van der Waals surface area contributed by atoms with Crippen molar-refractivity contribution < 1.29 is 32.4 Å². The summed E-state index contributed by atoms with van der Waals surface area (Å²) in [7, 11) is -3.01. The number of halogens is 4. The van der Waals surface area contributed by atoms with Gasteiger partial charge in [-0.3, -0.25) is 28.2 Å². The molecule has 226 valence electrons. The summed E-state index contributed by atoms with van der Waals surface area (Å²) in [5.74, 6) is -0.506. The van der Waals surface area contributed by atoms with Crippen molar-refractivity contribution >= 4 is 68.6 Å². The van der Waals surface area contributed by atoms with Crippen molar-refractivity contribution in [3.8, 4) is 5.75 Å². The summed E-state index contributed by atoms with van der Waals surface area (Å²) in [5.41, 5.74) is 8.04. The van der Waals surface area contributed by atoms with Gasteiger partial charge < -0.3 is 14.0 Å². The molecule has 2 heterocycles. The molecule has 41 heavy (non-hydrogen) atoms. The van der Waals surface area contributed by atoms with E-state index >= 15 is 0 Å². The lowest BCUT2D eigenvalue weighted by Gasteiger charge is -2.24. The van der Waals surface area contributed by atoms with Crippen LogP contribution in [0, 0.1) is 6.92 Å². The monoisotopic (exact) mass is 738 g/mol. The van der Waals surface area contributed by atoms with Crippen LogP contribution >= 0.6 is 62.6 Å². The van der Waals surface area contributed by atoms with Gasteiger partial charge in [-0.15, -0.1) is 0 Å². The fourth-order valence-corrected chi connectivity index (χ4v) is 5.15. The molecule has 0 bridgehead atoms. The highest BCUT2D eigenvalue weighted by atomic mass is 79.9. The third kappa shape index (κ3) is 11.8. The number of H-pyrrole nitrogens is 1. The third-order valence-electron chi connectivity index (χ3n) is 5.21. The number of methoxy groups -OCH3 is 1. The van der Waals surface area contributed by atoms with E-state index in [9.17, 15) is 23.5 Å². The van der Waals surface area contributed by atoms with Crippen LogP contribution in [0.1, 0.15) is 25.1 Å². The Labute approximate surface area is 255 Å². The third-order valence-corrected chi connectivity index (χ3v) is 7.39. The largest absolute Gasteiger partial charge is 0.468 e. The first-order valence-corrected chi connectivity index (χ1v) is 18.1. The minimum absolute atomic E-state index is 0.0906. The summed E-state index contributed by atoms with van der Waals surface area (Å²) in [4.78, 5) is 40.9. The highest BCUT2D eigenvalue weighted by Crippen LogP contribution is 2.61. The molecule has 3 unspecified atom stereocenters. The Morgan fingerprint density at radius 3 is 2.49 bits per heavy atom. The van der Waals surface area contributed by atoms with E-state index in [0.717, 1.165) is 4.47 Å². The lowest BCUT2D eigenvalue weighted by molar-refractivity contribution is -0.142. The molecular weight excluding hydrogens is 716 g/mol. The molecule has 0 saturated carbocycles. The van der Waals surface area contributed by atoms with Crippen molar-refractivity contribution in [1.82, 2.24) is 14.6 Å². The molecule has 15 nitrogen and oxygen atoms in total. The molecule has 1 aromatic heterocycles. The number of aryl methyl sites for hydroxylation is 1. The summed E-state index contributed by atoms with van der Waals surface area (Å²) in [6.45, 7) is 2.56. The summed E-state index contributed by atoms with van der Waals surface area (Å²) < 4.78 is 46.7. The average Bonchev–Trinajstić information content (AvgIpc) is 3.27. The number of carbonyl (C=O) groups is 1. The molecule has 21 heteroatoms. The number of ether oxygens (including phenoxy) is 2. The van der Waals surface area contributed by atoms with E-state index in [0.29, 0.717) is 0 Å². The summed E-state index contributed by atoms with van der Waals surface area (Å²) in [6.07, 6.45) is -0.385. The van der Waals surface area contributed by atoms with Crippen LogP contribution < -0.4 is 20.9 Å². The molecule has 0 spiro atoms. The normalized spacial score (nSPS) is 20.5. The number of aromatic amines is 1. The van der Waals surface area contributed by atoms with Crippen LogP contribution in [0.15, 0.2) is 49.6 Å². The SMILES string of the molecule is COC(=O)C(C)NP(=O)(OC[C@H]1O[C@@H](n2cc(C)c(=O)[nH]c2=O)CC1N=[N+]=[N-])Oc1ccc(Br)cc1.O=P(Cl)(Cl)Cl. The quantitative estimate of drug-likeness (QED) is 0.0994. The van der Waals surface area contributed by atoms with Crippen LogP contribution in [0.25, 0.3) is 10.4 Å². The molecule has 0 radical (unpaired) electrons. The number of azide groups is 1. The Balaban J connectivity index is 0.00000108. The molecule has 0 amide bonds. The maximum absolute atomic E-state index is 13.6. The molecule has 1 saturated heterocycles. The predicted molar refractivity (Wildman–Crippen MR) is 156 cm³/mol. The Hall–Kier alpha value is -1.83. The molecule has 2 aromatic rings. The molecular formula is C20H24BrCl3N6O9P2. The Kier molecular flexibility index (Phi) is 13.4. The van der Waals surface area contributed by atoms with Crippen molar-refractivity contribution in [3.63, 3.8) is 0 Å². The molecule has 1 aromatic carbocycles. The van der Waals surface area contributed by atoms with Gasteiger partial charge in [0.2, 0.25) is 0 Å². The number of esters is 1. The van der Waals surface area contributed by atoms with Gasteiger partial charge in [0.15, 0.2) is 0 Å². The minimum Gasteiger partial charge on any atom is -0.468 e. The minimum atomic E-state index is -4.19. The number of rotatable bonds is 10. The smallest absolute Gasteiger partial charge is 0.459 e. The zero-order chi connectivity index (χ0) is 31.0. The van der Waals surface area contributed by atoms with Gasteiger partial charge in [0.05, 0.1) is 25.9 Å². The summed E-state index contributed by atoms with van der Waals surface area (Å²) in [5, 5.41) is 3.00. The van der Waals surface area contributed by atoms with E-state index in [1.807, 2.05) is 0 Å². The maximum Gasteiger partial charge on any atom is 0.459 e. The number of aromatic nitrogens is 2. The van der Waals surface area contributed by atoms with Gasteiger partial charge in [-0.1, -0.05) is 21.0 Å². The molecule has 2 N–H and O–H groups in total. The van der Waals surface area contributed by atoms with E-state index in [4.69, 9.17) is 19.3 Å². The van der Waals surface area contributed by atoms with Crippen LogP contribution in [0.3, 0.4) is 0 Å². The van der Waals surface area contributed by atoms with Crippen LogP contribution in [0.5, 0.6) is 5.75 Å². The first kappa shape index (κ1) is 35.4. The van der Waals surface area contributed by atoms with Crippen LogP contribution in [0.4, 0.5) is 0 Å². The first-order valence-electron chi connectivity index (χ1n) is 11.3. The van der Waals surface area contributed by atoms with Gasteiger partial charge >= 0.3 is 24.6 Å². The topological polar surface area (TPSA) is 204 Å². The zero-order valence-electron chi connectivity index (χ0n) is 21.5. The second-order valence-corrected chi connectivity index (χ2v) is 17.5. The predicted octanol–water partition coefficient (Wildman–Crippen LogP) is 5.74. The van der Waals surface area contributed by atoms with E-state index in [1.54, 1.807) is 24.3 Å². The van der Waals surface area contributed by atoms with Crippen molar-refractivity contribution in [2.24, 2.45) is 5.11 Å². The number of nitrogens with one attached hydrogen (secondary N) is 2. The van der Waals surface area contributed by atoms with Crippen LogP contribution in [-0.4, -0.2) is 47.4 Å². The van der Waals surface area contributed by atoms with Crippen molar-refractivity contribution in [1.29, 1.82) is 0 Å². The van der Waals surface area contributed by atoms with E-state index in [2.05, 4.69) is 74.5 Å². The van der Waals surface area contributed by atoms with Gasteiger partial charge in [0, 0.05) is 27.6 Å². The van der Waals surface area contributed by atoms with Gasteiger partial charge in [0.1, 0.15) is 18.0 Å².